The lowest BCUT2D eigenvalue weighted by atomic mass is 9.94. The van der Waals surface area contributed by atoms with Gasteiger partial charge in [0.05, 0.1) is 11.3 Å². The Morgan fingerprint density at radius 3 is 2.14 bits per heavy atom. The Morgan fingerprint density at radius 1 is 0.778 bits per heavy atom. The Hall–Kier alpha value is -5.04. The van der Waals surface area contributed by atoms with Crippen molar-refractivity contribution in [1.82, 2.24) is 4.98 Å². The highest BCUT2D eigenvalue weighted by molar-refractivity contribution is 6.35. The van der Waals surface area contributed by atoms with Gasteiger partial charge in [-0.3, -0.25) is 14.4 Å². The number of rotatable bonds is 5. The SMILES string of the molecule is O=C(OCC(=O)c1c[nH]c2ccccc12)c1ccc(N2C(=O)c3cccc4cccc(c34)C2=O)cc1. The highest BCUT2D eigenvalue weighted by Gasteiger charge is 2.33. The first-order chi connectivity index (χ1) is 17.5. The van der Waals surface area contributed by atoms with E-state index in [1.165, 1.54) is 24.3 Å². The first-order valence-electron chi connectivity index (χ1n) is 11.3. The van der Waals surface area contributed by atoms with Gasteiger partial charge >= 0.3 is 5.97 Å². The van der Waals surface area contributed by atoms with Crippen molar-refractivity contribution in [1.29, 1.82) is 0 Å². The second-order valence-corrected chi connectivity index (χ2v) is 8.45. The van der Waals surface area contributed by atoms with Crippen LogP contribution in [0.3, 0.4) is 0 Å². The molecular weight excluding hydrogens is 456 g/mol. The van der Waals surface area contributed by atoms with E-state index in [9.17, 15) is 19.2 Å². The van der Waals surface area contributed by atoms with Crippen molar-refractivity contribution in [2.45, 2.75) is 0 Å². The summed E-state index contributed by atoms with van der Waals surface area (Å²) >= 11 is 0. The van der Waals surface area contributed by atoms with E-state index >= 15 is 0 Å². The number of ketones is 1. The molecule has 0 saturated carbocycles. The smallest absolute Gasteiger partial charge is 0.338 e. The number of imide groups is 1. The van der Waals surface area contributed by atoms with Crippen LogP contribution in [-0.2, 0) is 4.74 Å². The molecule has 4 aromatic carbocycles. The zero-order valence-corrected chi connectivity index (χ0v) is 18.9. The fourth-order valence-corrected chi connectivity index (χ4v) is 4.61. The summed E-state index contributed by atoms with van der Waals surface area (Å²) in [6.07, 6.45) is 1.60. The predicted octanol–water partition coefficient (Wildman–Crippen LogP) is 5.16. The largest absolute Gasteiger partial charge is 0.454 e. The quantitative estimate of drug-likeness (QED) is 0.216. The van der Waals surface area contributed by atoms with Crippen LogP contribution in [0.2, 0.25) is 0 Å². The van der Waals surface area contributed by atoms with E-state index in [1.54, 1.807) is 30.5 Å². The number of Topliss-reactive ketones (excluding diaryl/α,β-unsaturated/α-hetero) is 1. The number of nitrogens with one attached hydrogen (secondary N) is 1. The molecule has 174 valence electrons. The molecule has 1 N–H and O–H groups in total. The summed E-state index contributed by atoms with van der Waals surface area (Å²) in [7, 11) is 0. The van der Waals surface area contributed by atoms with E-state index in [2.05, 4.69) is 4.98 Å². The molecule has 0 radical (unpaired) electrons. The third-order valence-electron chi connectivity index (χ3n) is 6.36. The van der Waals surface area contributed by atoms with Gasteiger partial charge in [0, 0.05) is 39.2 Å². The van der Waals surface area contributed by atoms with Crippen molar-refractivity contribution < 1.29 is 23.9 Å². The minimum Gasteiger partial charge on any atom is -0.454 e. The lowest BCUT2D eigenvalue weighted by Gasteiger charge is -2.27. The van der Waals surface area contributed by atoms with Crippen molar-refractivity contribution in [2.75, 3.05) is 11.5 Å². The molecule has 0 saturated heterocycles. The molecule has 2 heterocycles. The average molecular weight is 474 g/mol. The van der Waals surface area contributed by atoms with Crippen LogP contribution in [0, 0.1) is 0 Å². The van der Waals surface area contributed by atoms with E-state index in [4.69, 9.17) is 4.74 Å². The Bertz CT molecular complexity index is 1660. The van der Waals surface area contributed by atoms with Crippen molar-refractivity contribution >= 4 is 50.9 Å². The molecule has 1 aliphatic heterocycles. The minimum atomic E-state index is -0.679. The Kier molecular flexibility index (Phi) is 4.97. The standard InChI is InChI=1S/C29H18N2O5/c32-25(23-15-30-24-10-2-1-7-20(23)24)16-36-29(35)18-11-13-19(14-12-18)31-27(33)21-8-3-5-17-6-4-9-22(26(17)21)28(31)34/h1-15,30H,16H2. The van der Waals surface area contributed by atoms with Gasteiger partial charge in [-0.15, -0.1) is 0 Å². The first-order valence-corrected chi connectivity index (χ1v) is 11.3. The Balaban J connectivity index is 1.20. The number of hydrogen-bond donors (Lipinski definition) is 1. The number of esters is 1. The third kappa shape index (κ3) is 3.37. The van der Waals surface area contributed by atoms with Crippen LogP contribution in [0.15, 0.2) is 91.1 Å². The lowest BCUT2D eigenvalue weighted by Crippen LogP contribution is -2.40. The second kappa shape index (κ2) is 8.32. The van der Waals surface area contributed by atoms with Crippen LogP contribution in [0.4, 0.5) is 5.69 Å². The van der Waals surface area contributed by atoms with E-state index in [1.807, 2.05) is 36.4 Å². The normalized spacial score (nSPS) is 12.8. The molecule has 5 aromatic rings. The van der Waals surface area contributed by atoms with Crippen LogP contribution in [-0.4, -0.2) is 35.2 Å². The van der Waals surface area contributed by atoms with Crippen LogP contribution in [0.5, 0.6) is 0 Å². The van der Waals surface area contributed by atoms with E-state index in [0.717, 1.165) is 21.2 Å². The molecule has 7 nitrogen and oxygen atoms in total. The zero-order chi connectivity index (χ0) is 24.8. The lowest BCUT2D eigenvalue weighted by molar-refractivity contribution is 0.0475. The molecule has 0 unspecified atom stereocenters. The van der Waals surface area contributed by atoms with Crippen molar-refractivity contribution in [2.24, 2.45) is 0 Å². The molecule has 0 fully saturated rings. The van der Waals surface area contributed by atoms with Crippen LogP contribution in [0.25, 0.3) is 21.7 Å². The number of H-pyrrole nitrogens is 1. The third-order valence-corrected chi connectivity index (χ3v) is 6.36. The molecule has 6 rings (SSSR count). The number of nitrogens with zero attached hydrogens (tertiary/aromatic N) is 1. The Labute approximate surface area is 204 Å². The summed E-state index contributed by atoms with van der Waals surface area (Å²) in [4.78, 5) is 55.7. The van der Waals surface area contributed by atoms with Crippen LogP contribution >= 0.6 is 0 Å². The molecule has 0 aliphatic carbocycles. The summed E-state index contributed by atoms with van der Waals surface area (Å²) in [5.74, 6) is -1.86. The van der Waals surface area contributed by atoms with Gasteiger partial charge < -0.3 is 9.72 Å². The number of aromatic nitrogens is 1. The van der Waals surface area contributed by atoms with E-state index in [-0.39, 0.29) is 11.3 Å². The van der Waals surface area contributed by atoms with Gasteiger partial charge in [0.25, 0.3) is 11.8 Å². The first kappa shape index (κ1) is 21.5. The molecule has 1 aliphatic rings. The average Bonchev–Trinajstić information content (AvgIpc) is 3.35. The van der Waals surface area contributed by atoms with Crippen molar-refractivity contribution in [3.8, 4) is 0 Å². The van der Waals surface area contributed by atoms with Gasteiger partial charge in [-0.05, 0) is 47.9 Å². The van der Waals surface area contributed by atoms with Gasteiger partial charge in [-0.1, -0.05) is 42.5 Å². The van der Waals surface area contributed by atoms with Gasteiger partial charge in [-0.25, -0.2) is 9.69 Å². The number of ether oxygens (including phenoxy) is 1. The fourth-order valence-electron chi connectivity index (χ4n) is 4.61. The molecule has 0 atom stereocenters. The van der Waals surface area contributed by atoms with E-state index in [0.29, 0.717) is 27.8 Å². The van der Waals surface area contributed by atoms with E-state index < -0.39 is 24.4 Å². The fraction of sp³-hybridized carbons (Fsp3) is 0.0345. The molecule has 7 heteroatoms. The maximum Gasteiger partial charge on any atom is 0.338 e. The molecule has 0 spiro atoms. The summed E-state index contributed by atoms with van der Waals surface area (Å²) < 4.78 is 5.23. The maximum absolute atomic E-state index is 13.2. The number of benzene rings is 4. The molecule has 2 amide bonds. The molecule has 1 aromatic heterocycles. The van der Waals surface area contributed by atoms with Gasteiger partial charge in [0.15, 0.2) is 6.61 Å². The number of carbonyl (C=O) groups excluding carboxylic acids is 4. The topological polar surface area (TPSA) is 96.5 Å². The number of hydrogen-bond acceptors (Lipinski definition) is 5. The Morgan fingerprint density at radius 2 is 1.44 bits per heavy atom. The molecule has 36 heavy (non-hydrogen) atoms. The summed E-state index contributed by atoms with van der Waals surface area (Å²) in [6, 6.07) is 24.0. The van der Waals surface area contributed by atoms with Crippen molar-refractivity contribution in [3.05, 3.63) is 113 Å². The summed E-state index contributed by atoms with van der Waals surface area (Å²) in [6.45, 7) is -0.410. The number of para-hydroxylation sites is 1. The number of carbonyl (C=O) groups is 4. The summed E-state index contributed by atoms with van der Waals surface area (Å²) in [5.41, 5.74) is 2.70. The van der Waals surface area contributed by atoms with Gasteiger partial charge in [0.1, 0.15) is 0 Å². The summed E-state index contributed by atoms with van der Waals surface area (Å²) in [5, 5.41) is 2.23. The van der Waals surface area contributed by atoms with Gasteiger partial charge in [0.2, 0.25) is 5.78 Å². The van der Waals surface area contributed by atoms with Crippen LogP contribution < -0.4 is 4.90 Å². The maximum atomic E-state index is 13.2. The van der Waals surface area contributed by atoms with Gasteiger partial charge in [-0.2, -0.15) is 0 Å². The van der Waals surface area contributed by atoms with Crippen LogP contribution in [0.1, 0.15) is 41.4 Å². The number of fused-ring (bicyclic) bond motifs is 1. The minimum absolute atomic E-state index is 0.199. The number of anilines is 1. The van der Waals surface area contributed by atoms with Crippen molar-refractivity contribution in [3.63, 3.8) is 0 Å². The highest BCUT2D eigenvalue weighted by Crippen LogP contribution is 2.32. The highest BCUT2D eigenvalue weighted by atomic mass is 16.5. The monoisotopic (exact) mass is 474 g/mol. The number of amides is 2. The second-order valence-electron chi connectivity index (χ2n) is 8.45. The molecular formula is C29H18N2O5. The number of aromatic amines is 1. The zero-order valence-electron chi connectivity index (χ0n) is 18.9. The molecule has 0 bridgehead atoms. The predicted molar refractivity (Wildman–Crippen MR) is 134 cm³/mol.